The van der Waals surface area contributed by atoms with Gasteiger partial charge in [-0.15, -0.1) is 0 Å². The number of nitrogens with one attached hydrogen (secondary N) is 1. The number of aromatic nitrogens is 2. The maximum atomic E-state index is 13.3. The van der Waals surface area contributed by atoms with Crippen LogP contribution in [-0.4, -0.2) is 27.3 Å². The zero-order valence-electron chi connectivity index (χ0n) is 18.7. The van der Waals surface area contributed by atoms with Crippen molar-refractivity contribution in [2.75, 3.05) is 6.54 Å². The van der Waals surface area contributed by atoms with Gasteiger partial charge in [-0.05, 0) is 67.6 Å². The van der Waals surface area contributed by atoms with Crippen molar-refractivity contribution in [2.45, 2.75) is 33.7 Å². The second kappa shape index (κ2) is 9.18. The molecule has 4 aromatic rings. The Morgan fingerprint density at radius 3 is 2.47 bits per heavy atom. The summed E-state index contributed by atoms with van der Waals surface area (Å²) in [7, 11) is 0. The number of hydrogen-bond donors (Lipinski definition) is 1. The smallest absolute Gasteiger partial charge is 0.255 e. The molecule has 0 atom stereocenters. The Morgan fingerprint density at radius 1 is 0.938 bits per heavy atom. The highest BCUT2D eigenvalue weighted by molar-refractivity contribution is 5.94. The number of pyridine rings is 2. The van der Waals surface area contributed by atoms with E-state index >= 15 is 0 Å². The molecule has 1 N–H and O–H groups in total. The van der Waals surface area contributed by atoms with E-state index in [1.54, 1.807) is 29.4 Å². The first-order valence-electron chi connectivity index (χ1n) is 10.8. The van der Waals surface area contributed by atoms with E-state index in [1.807, 2.05) is 38.1 Å². The zero-order chi connectivity index (χ0) is 22.7. The first-order valence-corrected chi connectivity index (χ1v) is 10.8. The second-order valence-corrected chi connectivity index (χ2v) is 8.26. The van der Waals surface area contributed by atoms with E-state index in [0.29, 0.717) is 24.1 Å². The van der Waals surface area contributed by atoms with Gasteiger partial charge in [-0.1, -0.05) is 36.4 Å². The summed E-state index contributed by atoms with van der Waals surface area (Å²) in [6, 6.07) is 17.7. The lowest BCUT2D eigenvalue weighted by molar-refractivity contribution is 0.0744. The van der Waals surface area contributed by atoms with Crippen LogP contribution in [0.5, 0.6) is 0 Å². The number of nitrogens with zero attached hydrogens (tertiary/aromatic N) is 2. The lowest BCUT2D eigenvalue weighted by Gasteiger charge is -2.23. The van der Waals surface area contributed by atoms with Gasteiger partial charge in [-0.2, -0.15) is 0 Å². The molecule has 0 aliphatic carbocycles. The quantitative estimate of drug-likeness (QED) is 0.486. The van der Waals surface area contributed by atoms with Gasteiger partial charge in [-0.25, -0.2) is 0 Å². The van der Waals surface area contributed by atoms with Crippen LogP contribution in [-0.2, 0) is 13.0 Å². The largest absolute Gasteiger partial charge is 0.334 e. The molecule has 4 rings (SSSR count). The van der Waals surface area contributed by atoms with Crippen molar-refractivity contribution in [3.8, 4) is 0 Å². The Morgan fingerprint density at radius 2 is 1.72 bits per heavy atom. The van der Waals surface area contributed by atoms with Crippen molar-refractivity contribution >= 4 is 16.8 Å². The minimum atomic E-state index is -0.161. The minimum absolute atomic E-state index is 0.132. The van der Waals surface area contributed by atoms with Gasteiger partial charge in [-0.3, -0.25) is 14.6 Å². The van der Waals surface area contributed by atoms with Crippen molar-refractivity contribution in [1.82, 2.24) is 14.9 Å². The zero-order valence-corrected chi connectivity index (χ0v) is 18.7. The Labute approximate surface area is 187 Å². The Kier molecular flexibility index (Phi) is 6.17. The van der Waals surface area contributed by atoms with E-state index in [2.05, 4.69) is 35.1 Å². The molecule has 0 unspecified atom stereocenters. The number of rotatable bonds is 6. The third-order valence-corrected chi connectivity index (χ3v) is 5.99. The van der Waals surface area contributed by atoms with Crippen molar-refractivity contribution in [3.05, 3.63) is 111 Å². The lowest BCUT2D eigenvalue weighted by atomic mass is 10.0. The Balaban J connectivity index is 1.69. The highest BCUT2D eigenvalue weighted by Crippen LogP contribution is 2.21. The average molecular weight is 426 g/mol. The molecule has 0 saturated heterocycles. The maximum absolute atomic E-state index is 13.3. The maximum Gasteiger partial charge on any atom is 0.255 e. The molecule has 0 bridgehead atoms. The van der Waals surface area contributed by atoms with Crippen molar-refractivity contribution in [1.29, 1.82) is 0 Å². The van der Waals surface area contributed by atoms with E-state index in [4.69, 9.17) is 0 Å². The van der Waals surface area contributed by atoms with E-state index in [9.17, 15) is 9.59 Å². The number of aryl methyl sites for hydroxylation is 3. The molecule has 5 heteroatoms. The Hall–Kier alpha value is -3.73. The molecule has 2 heterocycles. The third-order valence-electron chi connectivity index (χ3n) is 5.99. The number of benzene rings is 2. The lowest BCUT2D eigenvalue weighted by Crippen LogP contribution is -2.34. The van der Waals surface area contributed by atoms with Crippen LogP contribution >= 0.6 is 0 Å². The minimum Gasteiger partial charge on any atom is -0.334 e. The normalized spacial score (nSPS) is 11.0. The molecule has 162 valence electrons. The van der Waals surface area contributed by atoms with Crippen LogP contribution in [0.3, 0.4) is 0 Å². The van der Waals surface area contributed by atoms with Gasteiger partial charge in [0.25, 0.3) is 11.5 Å². The van der Waals surface area contributed by atoms with Crippen LogP contribution in [0.2, 0.25) is 0 Å². The molecule has 0 aliphatic heterocycles. The fraction of sp³-hybridized carbons (Fsp3) is 0.222. The molecule has 0 fully saturated rings. The Bertz CT molecular complexity index is 1330. The predicted molar refractivity (Wildman–Crippen MR) is 128 cm³/mol. The summed E-state index contributed by atoms with van der Waals surface area (Å²) in [6.45, 7) is 6.82. The molecule has 2 aromatic carbocycles. The summed E-state index contributed by atoms with van der Waals surface area (Å²) in [6.07, 6.45) is 3.93. The second-order valence-electron chi connectivity index (χ2n) is 8.26. The van der Waals surface area contributed by atoms with Crippen LogP contribution in [0, 0.1) is 20.8 Å². The van der Waals surface area contributed by atoms with Crippen LogP contribution in [0.15, 0.2) is 71.8 Å². The summed E-state index contributed by atoms with van der Waals surface area (Å²) in [5.74, 6) is -0.132. The molecule has 0 saturated carbocycles. The van der Waals surface area contributed by atoms with Crippen molar-refractivity contribution in [3.63, 3.8) is 0 Å². The van der Waals surface area contributed by atoms with Gasteiger partial charge in [0.2, 0.25) is 0 Å². The first-order chi connectivity index (χ1) is 15.4. The monoisotopic (exact) mass is 425 g/mol. The van der Waals surface area contributed by atoms with E-state index in [0.717, 1.165) is 22.0 Å². The molecule has 0 spiro atoms. The topological polar surface area (TPSA) is 66.1 Å². The molecule has 0 aliphatic rings. The summed E-state index contributed by atoms with van der Waals surface area (Å²) in [4.78, 5) is 35.1. The van der Waals surface area contributed by atoms with Gasteiger partial charge in [0.1, 0.15) is 0 Å². The predicted octanol–water partition coefficient (Wildman–Crippen LogP) is 4.73. The fourth-order valence-electron chi connectivity index (χ4n) is 4.01. The van der Waals surface area contributed by atoms with Crippen molar-refractivity contribution < 1.29 is 4.79 Å². The molecule has 32 heavy (non-hydrogen) atoms. The first kappa shape index (κ1) is 21.5. The molecule has 1 amide bonds. The number of aromatic amines is 1. The number of fused-ring (bicyclic) bond motifs is 1. The molecule has 5 nitrogen and oxygen atoms in total. The van der Waals surface area contributed by atoms with Gasteiger partial charge in [0.15, 0.2) is 0 Å². The summed E-state index contributed by atoms with van der Waals surface area (Å²) in [5, 5.41) is 1.01. The van der Waals surface area contributed by atoms with Crippen LogP contribution in [0.1, 0.15) is 38.2 Å². The fourth-order valence-corrected chi connectivity index (χ4v) is 4.01. The van der Waals surface area contributed by atoms with E-state index in [1.165, 1.54) is 11.1 Å². The van der Waals surface area contributed by atoms with Crippen LogP contribution in [0.4, 0.5) is 0 Å². The standard InChI is InChI=1S/C27H27N3O2/c1-18-7-4-5-8-21(18)12-14-30(27(32)22-9-6-13-28-16-22)17-23-15-24-19(2)10-11-20(3)25(24)29-26(23)31/h4-11,13,15-16H,12,14,17H2,1-3H3,(H,29,31). The van der Waals surface area contributed by atoms with Gasteiger partial charge >= 0.3 is 0 Å². The highest BCUT2D eigenvalue weighted by Gasteiger charge is 2.19. The van der Waals surface area contributed by atoms with Crippen LogP contribution in [0.25, 0.3) is 10.9 Å². The molecule has 0 radical (unpaired) electrons. The van der Waals surface area contributed by atoms with E-state index < -0.39 is 0 Å². The average Bonchev–Trinajstić information content (AvgIpc) is 2.81. The van der Waals surface area contributed by atoms with Crippen LogP contribution < -0.4 is 5.56 Å². The highest BCUT2D eigenvalue weighted by atomic mass is 16.2. The van der Waals surface area contributed by atoms with Gasteiger partial charge in [0.05, 0.1) is 17.6 Å². The number of H-pyrrole nitrogens is 1. The summed E-state index contributed by atoms with van der Waals surface area (Å²) < 4.78 is 0. The van der Waals surface area contributed by atoms with Gasteiger partial charge in [0, 0.05) is 29.9 Å². The summed E-state index contributed by atoms with van der Waals surface area (Å²) in [5.41, 5.74) is 6.28. The van der Waals surface area contributed by atoms with E-state index in [-0.39, 0.29) is 18.0 Å². The van der Waals surface area contributed by atoms with Gasteiger partial charge < -0.3 is 9.88 Å². The number of amides is 1. The number of carbonyl (C=O) groups excluding carboxylic acids is 1. The molecular weight excluding hydrogens is 398 g/mol. The molecule has 2 aromatic heterocycles. The number of carbonyl (C=O) groups is 1. The number of hydrogen-bond acceptors (Lipinski definition) is 3. The molecular formula is C27H27N3O2. The third kappa shape index (κ3) is 4.47. The van der Waals surface area contributed by atoms with Crippen molar-refractivity contribution in [2.24, 2.45) is 0 Å². The summed E-state index contributed by atoms with van der Waals surface area (Å²) >= 11 is 0. The SMILES string of the molecule is Cc1ccccc1CCN(Cc1cc2c(C)ccc(C)c2[nH]c1=O)C(=O)c1cccnc1.